The first-order valence-electron chi connectivity index (χ1n) is 13.4. The van der Waals surface area contributed by atoms with Gasteiger partial charge in [0.15, 0.2) is 0 Å². The zero-order valence-electron chi connectivity index (χ0n) is 22.2. The van der Waals surface area contributed by atoms with Crippen LogP contribution in [0.4, 0.5) is 0 Å². The van der Waals surface area contributed by atoms with Crippen LogP contribution in [-0.4, -0.2) is 12.3 Å². The van der Waals surface area contributed by atoms with Crippen LogP contribution in [0.1, 0.15) is 0 Å². The highest BCUT2D eigenvalue weighted by molar-refractivity contribution is 6.38. The average Bonchev–Trinajstić information content (AvgIpc) is 2.99. The van der Waals surface area contributed by atoms with Crippen LogP contribution in [-0.2, 0) is 0 Å². The lowest BCUT2D eigenvalue weighted by atomic mass is 9.97. The molecule has 8 aromatic carbocycles. The van der Waals surface area contributed by atoms with Gasteiger partial charge in [0, 0.05) is 10.8 Å². The van der Waals surface area contributed by atoms with Crippen molar-refractivity contribution in [2.24, 2.45) is 0 Å². The Balaban J connectivity index is 0.00000276. The van der Waals surface area contributed by atoms with E-state index in [9.17, 15) is 5.02 Å². The highest BCUT2D eigenvalue weighted by Crippen LogP contribution is 2.37. The van der Waals surface area contributed by atoms with Crippen LogP contribution in [0, 0.1) is 0 Å². The van der Waals surface area contributed by atoms with Gasteiger partial charge in [-0.05, 0) is 90.3 Å². The third kappa shape index (κ3) is 4.20. The summed E-state index contributed by atoms with van der Waals surface area (Å²) in [6.07, 6.45) is 0. The van der Waals surface area contributed by atoms with E-state index in [2.05, 4.69) is 97.1 Å². The minimum atomic E-state index is -1.50. The summed E-state index contributed by atoms with van der Waals surface area (Å²) in [5.41, 5.74) is 0. The Morgan fingerprint density at radius 3 is 1.20 bits per heavy atom. The molecule has 0 amide bonds. The van der Waals surface area contributed by atoms with Crippen molar-refractivity contribution in [3.05, 3.63) is 133 Å². The highest BCUT2D eigenvalue weighted by atomic mass is 16.7. The number of hydrogen-bond donors (Lipinski definition) is 2. The van der Waals surface area contributed by atoms with Crippen molar-refractivity contribution in [1.82, 2.24) is 6.15 Å². The molecule has 0 saturated heterocycles. The molecule has 0 aliphatic rings. The maximum Gasteiger partial charge on any atom is 0.785 e. The number of rotatable bonds is 4. The maximum atomic E-state index is 11.1. The van der Waals surface area contributed by atoms with Gasteiger partial charge in [0.2, 0.25) is 0 Å². The number of hydrogen-bond acceptors (Lipinski definition) is 4. The summed E-state index contributed by atoms with van der Waals surface area (Å²) in [7, 11) is -1.50. The summed E-state index contributed by atoms with van der Waals surface area (Å²) in [5.74, 6) is 1.14. The standard InChI is InChI=1S/C36H23BO3.H3N/c38-37(39-33-13-5-11-23-15-17-29-19-25-7-1-3-9-27(25)21-31(29)35(23)33)40-34-14-6-12-24-16-18-30-20-26-8-2-4-10-28(26)22-32(30)36(24)34;/h1-22,38H;1H3. The average molecular weight is 531 g/mol. The second-order valence-corrected chi connectivity index (χ2v) is 10.2. The first-order chi connectivity index (χ1) is 19.7. The fourth-order valence-electron chi connectivity index (χ4n) is 5.97. The third-order valence-corrected chi connectivity index (χ3v) is 7.83. The molecule has 0 fully saturated rings. The predicted molar refractivity (Wildman–Crippen MR) is 172 cm³/mol. The van der Waals surface area contributed by atoms with Gasteiger partial charge in [-0.2, -0.15) is 0 Å². The lowest BCUT2D eigenvalue weighted by Gasteiger charge is -2.16. The Kier molecular flexibility index (Phi) is 5.97. The molecule has 0 saturated carbocycles. The van der Waals surface area contributed by atoms with Gasteiger partial charge in [0.1, 0.15) is 11.5 Å². The first-order valence-corrected chi connectivity index (χ1v) is 13.4. The van der Waals surface area contributed by atoms with E-state index < -0.39 is 7.32 Å². The fourth-order valence-corrected chi connectivity index (χ4v) is 5.97. The lowest BCUT2D eigenvalue weighted by Crippen LogP contribution is -2.29. The second kappa shape index (κ2) is 9.83. The number of fused-ring (bicyclic) bond motifs is 8. The Bertz CT molecular complexity index is 2100. The quantitative estimate of drug-likeness (QED) is 0.135. The Labute approximate surface area is 237 Å². The van der Waals surface area contributed by atoms with Crippen molar-refractivity contribution in [2.75, 3.05) is 0 Å². The summed E-state index contributed by atoms with van der Waals surface area (Å²) >= 11 is 0. The molecule has 0 spiro atoms. The van der Waals surface area contributed by atoms with Gasteiger partial charge in [0.05, 0.1) is 0 Å². The lowest BCUT2D eigenvalue weighted by molar-refractivity contribution is 0.301. The molecule has 0 aliphatic carbocycles. The summed E-state index contributed by atoms with van der Waals surface area (Å²) < 4.78 is 12.2. The summed E-state index contributed by atoms with van der Waals surface area (Å²) in [4.78, 5) is 0. The van der Waals surface area contributed by atoms with Crippen molar-refractivity contribution in [1.29, 1.82) is 0 Å². The van der Waals surface area contributed by atoms with E-state index in [1.165, 1.54) is 10.8 Å². The van der Waals surface area contributed by atoms with Crippen LogP contribution in [0.3, 0.4) is 0 Å². The molecule has 0 aromatic heterocycles. The van der Waals surface area contributed by atoms with Crippen LogP contribution < -0.4 is 15.5 Å². The molecular formula is C36H26BNO3. The predicted octanol–water partition coefficient (Wildman–Crippen LogP) is 9.20. The molecule has 4 N–H and O–H groups in total. The molecule has 5 heteroatoms. The van der Waals surface area contributed by atoms with E-state index in [4.69, 9.17) is 9.31 Å². The Morgan fingerprint density at radius 2 is 0.756 bits per heavy atom. The molecule has 0 heterocycles. The van der Waals surface area contributed by atoms with E-state index in [0.29, 0.717) is 11.5 Å². The van der Waals surface area contributed by atoms with E-state index in [1.807, 2.05) is 36.4 Å². The summed E-state index contributed by atoms with van der Waals surface area (Å²) in [6.45, 7) is 0. The zero-order chi connectivity index (χ0) is 26.6. The van der Waals surface area contributed by atoms with Gasteiger partial charge in [-0.1, -0.05) is 97.1 Å². The second-order valence-electron chi connectivity index (χ2n) is 10.2. The van der Waals surface area contributed by atoms with Crippen molar-refractivity contribution in [3.8, 4) is 11.5 Å². The highest BCUT2D eigenvalue weighted by Gasteiger charge is 2.24. The third-order valence-electron chi connectivity index (χ3n) is 7.83. The topological polar surface area (TPSA) is 73.7 Å². The molecule has 0 unspecified atom stereocenters. The molecule has 41 heavy (non-hydrogen) atoms. The molecule has 4 nitrogen and oxygen atoms in total. The fraction of sp³-hybridized carbons (Fsp3) is 0. The summed E-state index contributed by atoms with van der Waals surface area (Å²) in [6, 6.07) is 45.6. The van der Waals surface area contributed by atoms with Crippen LogP contribution in [0.2, 0.25) is 0 Å². The van der Waals surface area contributed by atoms with E-state index in [1.54, 1.807) is 0 Å². The minimum absolute atomic E-state index is 0. The number of benzene rings is 8. The van der Waals surface area contributed by atoms with Gasteiger partial charge in [0.25, 0.3) is 0 Å². The SMILES string of the molecule is N.OB(Oc1cccc2ccc3cc4ccccc4cc3c12)Oc1cccc2ccc3cc4ccccc4cc3c12. The van der Waals surface area contributed by atoms with E-state index in [0.717, 1.165) is 53.9 Å². The monoisotopic (exact) mass is 531 g/mol. The molecule has 0 bridgehead atoms. The molecular weight excluding hydrogens is 505 g/mol. The van der Waals surface area contributed by atoms with Crippen molar-refractivity contribution >= 4 is 72.0 Å². The van der Waals surface area contributed by atoms with Gasteiger partial charge < -0.3 is 20.5 Å². The Hall–Kier alpha value is -5.10. The molecule has 196 valence electrons. The van der Waals surface area contributed by atoms with Crippen molar-refractivity contribution in [2.45, 2.75) is 0 Å². The van der Waals surface area contributed by atoms with Crippen LogP contribution in [0.15, 0.2) is 133 Å². The maximum absolute atomic E-state index is 11.1. The van der Waals surface area contributed by atoms with Gasteiger partial charge in [-0.25, -0.2) is 0 Å². The summed E-state index contributed by atoms with van der Waals surface area (Å²) in [5, 5.41) is 24.2. The minimum Gasteiger partial charge on any atom is -0.500 e. The van der Waals surface area contributed by atoms with Crippen molar-refractivity contribution in [3.63, 3.8) is 0 Å². The van der Waals surface area contributed by atoms with Crippen molar-refractivity contribution < 1.29 is 14.3 Å². The molecule has 8 aromatic rings. The molecule has 8 rings (SSSR count). The molecule has 0 radical (unpaired) electrons. The van der Waals surface area contributed by atoms with Crippen LogP contribution >= 0.6 is 0 Å². The van der Waals surface area contributed by atoms with E-state index >= 15 is 0 Å². The van der Waals surface area contributed by atoms with Gasteiger partial charge >= 0.3 is 7.32 Å². The van der Waals surface area contributed by atoms with Gasteiger partial charge in [-0.3, -0.25) is 0 Å². The zero-order valence-corrected chi connectivity index (χ0v) is 22.2. The molecule has 0 aliphatic heterocycles. The largest absolute Gasteiger partial charge is 0.785 e. The molecule has 0 atom stereocenters. The normalized spacial score (nSPS) is 11.3. The van der Waals surface area contributed by atoms with Crippen LogP contribution in [0.25, 0.3) is 64.6 Å². The van der Waals surface area contributed by atoms with Gasteiger partial charge in [-0.15, -0.1) is 0 Å². The Morgan fingerprint density at radius 1 is 0.390 bits per heavy atom. The van der Waals surface area contributed by atoms with Crippen LogP contribution in [0.5, 0.6) is 11.5 Å². The van der Waals surface area contributed by atoms with E-state index in [-0.39, 0.29) is 6.15 Å². The smallest absolute Gasteiger partial charge is 0.500 e. The first kappa shape index (κ1) is 24.9.